The Balaban J connectivity index is 2.04. The van der Waals surface area contributed by atoms with Gasteiger partial charge in [0.2, 0.25) is 0 Å². The van der Waals surface area contributed by atoms with Crippen LogP contribution in [0.4, 0.5) is 0 Å². The van der Waals surface area contributed by atoms with Crippen LogP contribution in [0.25, 0.3) is 0 Å². The van der Waals surface area contributed by atoms with E-state index in [1.54, 1.807) is 17.8 Å². The zero-order valence-corrected chi connectivity index (χ0v) is 8.26. The predicted octanol–water partition coefficient (Wildman–Crippen LogP) is 0.368. The zero-order chi connectivity index (χ0) is 9.97. The molecule has 5 heteroatoms. The molecule has 0 saturated carbocycles. The summed E-state index contributed by atoms with van der Waals surface area (Å²) in [6.07, 6.45) is 2.17. The molecule has 1 aromatic rings. The normalized spacial score (nSPS) is 24.0. The molecule has 0 bridgehead atoms. The molecule has 0 amide bonds. The average Bonchev–Trinajstić information content (AvgIpc) is 2.75. The summed E-state index contributed by atoms with van der Waals surface area (Å²) in [7, 11) is 0. The lowest BCUT2D eigenvalue weighted by molar-refractivity contribution is 0.172. The molecule has 5 nitrogen and oxygen atoms in total. The van der Waals surface area contributed by atoms with Crippen LogP contribution in [0, 0.1) is 5.92 Å². The highest BCUT2D eigenvalue weighted by molar-refractivity contribution is 4.97. The summed E-state index contributed by atoms with van der Waals surface area (Å²) in [6, 6.07) is 0. The van der Waals surface area contributed by atoms with Crippen molar-refractivity contribution in [2.45, 2.75) is 26.0 Å². The van der Waals surface area contributed by atoms with Crippen molar-refractivity contribution in [2.75, 3.05) is 13.2 Å². The Hall–Kier alpha value is -0.940. The van der Waals surface area contributed by atoms with E-state index in [2.05, 4.69) is 10.3 Å². The van der Waals surface area contributed by atoms with Crippen molar-refractivity contribution in [3.63, 3.8) is 0 Å². The van der Waals surface area contributed by atoms with Gasteiger partial charge in [0.1, 0.15) is 0 Å². The first kappa shape index (κ1) is 9.61. The maximum absolute atomic E-state index is 9.44. The number of nitrogens with zero attached hydrogens (tertiary/aromatic N) is 3. The number of aliphatic hydroxyl groups is 1. The van der Waals surface area contributed by atoms with Crippen molar-refractivity contribution in [1.82, 2.24) is 15.0 Å². The van der Waals surface area contributed by atoms with Crippen molar-refractivity contribution < 1.29 is 9.84 Å². The van der Waals surface area contributed by atoms with E-state index in [1.807, 2.05) is 0 Å². The fourth-order valence-corrected chi connectivity index (χ4v) is 1.70. The van der Waals surface area contributed by atoms with Gasteiger partial charge >= 0.3 is 0 Å². The lowest BCUT2D eigenvalue weighted by Crippen LogP contribution is -2.15. The summed E-state index contributed by atoms with van der Waals surface area (Å²) in [5.74, 6) is 0.509. The van der Waals surface area contributed by atoms with Crippen molar-refractivity contribution >= 4 is 0 Å². The topological polar surface area (TPSA) is 60.2 Å². The minimum atomic E-state index is -0.507. The number of ether oxygens (including phenoxy) is 1. The van der Waals surface area contributed by atoms with Gasteiger partial charge < -0.3 is 9.84 Å². The largest absolute Gasteiger partial charge is 0.387 e. The van der Waals surface area contributed by atoms with Crippen molar-refractivity contribution in [3.05, 3.63) is 11.9 Å². The Morgan fingerprint density at radius 1 is 1.79 bits per heavy atom. The van der Waals surface area contributed by atoms with E-state index in [0.717, 1.165) is 31.9 Å². The number of hydrogen-bond donors (Lipinski definition) is 1. The van der Waals surface area contributed by atoms with E-state index in [4.69, 9.17) is 4.74 Å². The van der Waals surface area contributed by atoms with Gasteiger partial charge in [0.15, 0.2) is 0 Å². The minimum Gasteiger partial charge on any atom is -0.387 e. The van der Waals surface area contributed by atoms with Gasteiger partial charge in [-0.15, -0.1) is 5.10 Å². The number of aliphatic hydroxyl groups excluding tert-OH is 1. The molecule has 1 fully saturated rings. The number of rotatable bonds is 3. The second kappa shape index (κ2) is 4.06. The molecule has 0 aromatic carbocycles. The summed E-state index contributed by atoms with van der Waals surface area (Å²) < 4.78 is 7.05. The monoisotopic (exact) mass is 197 g/mol. The number of aromatic nitrogens is 3. The molecule has 1 aliphatic heterocycles. The molecule has 1 saturated heterocycles. The van der Waals surface area contributed by atoms with Gasteiger partial charge in [0, 0.05) is 19.1 Å². The molecule has 2 rings (SSSR count). The van der Waals surface area contributed by atoms with E-state index in [1.165, 1.54) is 0 Å². The summed E-state index contributed by atoms with van der Waals surface area (Å²) in [4.78, 5) is 0. The number of hydrogen-bond acceptors (Lipinski definition) is 4. The van der Waals surface area contributed by atoms with Crippen LogP contribution in [-0.2, 0) is 11.3 Å². The highest BCUT2D eigenvalue weighted by Crippen LogP contribution is 2.17. The third-order valence-corrected chi connectivity index (χ3v) is 2.53. The first-order valence-electron chi connectivity index (χ1n) is 4.91. The first-order valence-corrected chi connectivity index (χ1v) is 4.91. The quantitative estimate of drug-likeness (QED) is 0.760. The summed E-state index contributed by atoms with van der Waals surface area (Å²) in [6.45, 7) is 4.14. The Morgan fingerprint density at radius 2 is 2.64 bits per heavy atom. The minimum absolute atomic E-state index is 0.507. The third-order valence-electron chi connectivity index (χ3n) is 2.53. The van der Waals surface area contributed by atoms with Gasteiger partial charge in [0.25, 0.3) is 0 Å². The molecule has 78 valence electrons. The van der Waals surface area contributed by atoms with Crippen LogP contribution in [-0.4, -0.2) is 33.3 Å². The van der Waals surface area contributed by atoms with Crippen molar-refractivity contribution in [1.29, 1.82) is 0 Å². The van der Waals surface area contributed by atoms with Crippen LogP contribution in [0.3, 0.4) is 0 Å². The fourth-order valence-electron chi connectivity index (χ4n) is 1.70. The van der Waals surface area contributed by atoms with Crippen molar-refractivity contribution in [2.24, 2.45) is 5.92 Å². The molecule has 1 unspecified atom stereocenters. The Morgan fingerprint density at radius 3 is 3.29 bits per heavy atom. The Labute approximate surface area is 82.7 Å². The second-order valence-electron chi connectivity index (χ2n) is 3.75. The molecular formula is C9H15N3O2. The summed E-state index contributed by atoms with van der Waals surface area (Å²) >= 11 is 0. The molecule has 1 aliphatic rings. The second-order valence-corrected chi connectivity index (χ2v) is 3.75. The molecule has 14 heavy (non-hydrogen) atoms. The van der Waals surface area contributed by atoms with Crippen LogP contribution in [0.15, 0.2) is 6.20 Å². The zero-order valence-electron chi connectivity index (χ0n) is 8.26. The maximum atomic E-state index is 9.44. The molecule has 1 N–H and O–H groups in total. The van der Waals surface area contributed by atoms with E-state index < -0.39 is 6.10 Å². The Bertz CT molecular complexity index is 292. The Kier molecular flexibility index (Phi) is 2.79. The van der Waals surface area contributed by atoms with Gasteiger partial charge in [-0.05, 0) is 13.3 Å². The summed E-state index contributed by atoms with van der Waals surface area (Å²) in [5, 5.41) is 17.2. The molecule has 0 spiro atoms. The standard InChI is InChI=1S/C9H15N3O2/c1-7(13)9-4-10-11-12(9)5-8-2-3-14-6-8/h4,7-8,13H,2-3,5-6H2,1H3/t7-,8?/m1/s1. The molecule has 2 heterocycles. The van der Waals surface area contributed by atoms with E-state index in [-0.39, 0.29) is 0 Å². The van der Waals surface area contributed by atoms with Crippen LogP contribution in [0.5, 0.6) is 0 Å². The maximum Gasteiger partial charge on any atom is 0.0945 e. The highest BCUT2D eigenvalue weighted by Gasteiger charge is 2.19. The smallest absolute Gasteiger partial charge is 0.0945 e. The van der Waals surface area contributed by atoms with E-state index in [9.17, 15) is 5.11 Å². The average molecular weight is 197 g/mol. The van der Waals surface area contributed by atoms with Crippen LogP contribution in [0.1, 0.15) is 25.1 Å². The highest BCUT2D eigenvalue weighted by atomic mass is 16.5. The fraction of sp³-hybridized carbons (Fsp3) is 0.778. The SMILES string of the molecule is C[C@@H](O)c1cnnn1CC1CCOC1. The predicted molar refractivity (Wildman–Crippen MR) is 49.6 cm³/mol. The van der Waals surface area contributed by atoms with Gasteiger partial charge in [-0.3, -0.25) is 0 Å². The molecular weight excluding hydrogens is 182 g/mol. The lowest BCUT2D eigenvalue weighted by atomic mass is 10.1. The van der Waals surface area contributed by atoms with E-state index in [0.29, 0.717) is 5.92 Å². The van der Waals surface area contributed by atoms with Crippen LogP contribution in [0.2, 0.25) is 0 Å². The van der Waals surface area contributed by atoms with Gasteiger partial charge in [-0.1, -0.05) is 5.21 Å². The van der Waals surface area contributed by atoms with Crippen LogP contribution >= 0.6 is 0 Å². The molecule has 2 atom stereocenters. The third kappa shape index (κ3) is 1.93. The molecule has 0 radical (unpaired) electrons. The van der Waals surface area contributed by atoms with Gasteiger partial charge in [-0.2, -0.15) is 0 Å². The molecule has 0 aliphatic carbocycles. The van der Waals surface area contributed by atoms with Gasteiger partial charge in [0.05, 0.1) is 24.6 Å². The molecule has 1 aromatic heterocycles. The summed E-state index contributed by atoms with van der Waals surface area (Å²) in [5.41, 5.74) is 0.775. The lowest BCUT2D eigenvalue weighted by Gasteiger charge is -2.11. The van der Waals surface area contributed by atoms with Gasteiger partial charge in [-0.25, -0.2) is 4.68 Å². The first-order chi connectivity index (χ1) is 6.77. The van der Waals surface area contributed by atoms with Crippen LogP contribution < -0.4 is 0 Å². The van der Waals surface area contributed by atoms with Crippen molar-refractivity contribution in [3.8, 4) is 0 Å². The van der Waals surface area contributed by atoms with E-state index >= 15 is 0 Å².